The van der Waals surface area contributed by atoms with Gasteiger partial charge in [-0.05, 0) is 21.0 Å². The fraction of sp³-hybridized carbons (Fsp3) is 0.571. The van der Waals surface area contributed by atoms with E-state index in [0.29, 0.717) is 6.54 Å². The molecule has 0 bridgehead atoms. The summed E-state index contributed by atoms with van der Waals surface area (Å²) in [5.41, 5.74) is 1.72. The molecule has 1 heterocycles. The van der Waals surface area contributed by atoms with E-state index in [1.54, 1.807) is 0 Å². The van der Waals surface area contributed by atoms with Crippen molar-refractivity contribution in [1.29, 1.82) is 0 Å². The average molecular weight is 155 g/mol. The second kappa shape index (κ2) is 2.92. The second-order valence-electron chi connectivity index (χ2n) is 2.92. The molecular weight excluding hydrogens is 142 g/mol. The molecule has 2 N–H and O–H groups in total. The molecule has 0 atom stereocenters. The zero-order chi connectivity index (χ0) is 8.43. The minimum absolute atomic E-state index is 0.0174. The van der Waals surface area contributed by atoms with Crippen LogP contribution in [-0.4, -0.2) is 29.2 Å². The van der Waals surface area contributed by atoms with E-state index in [4.69, 9.17) is 0 Å². The van der Waals surface area contributed by atoms with E-state index in [2.05, 4.69) is 10.2 Å². The Labute approximate surface area is 65.2 Å². The number of aromatic amines is 2. The van der Waals surface area contributed by atoms with Crippen LogP contribution in [0.2, 0.25) is 0 Å². The van der Waals surface area contributed by atoms with Gasteiger partial charge in [-0.15, -0.1) is 0 Å². The summed E-state index contributed by atoms with van der Waals surface area (Å²) in [4.78, 5) is 13.0. The maximum Gasteiger partial charge on any atom is 0.268 e. The Kier molecular flexibility index (Phi) is 2.14. The van der Waals surface area contributed by atoms with Crippen LogP contribution in [0, 0.1) is 6.92 Å². The number of hydrogen-bond acceptors (Lipinski definition) is 2. The summed E-state index contributed by atoms with van der Waals surface area (Å²) in [7, 11) is 3.87. The Hall–Kier alpha value is -1.03. The zero-order valence-electron chi connectivity index (χ0n) is 7.06. The molecule has 0 aliphatic rings. The number of aryl methyl sites for hydroxylation is 1. The van der Waals surface area contributed by atoms with Crippen molar-refractivity contribution in [2.24, 2.45) is 0 Å². The largest absolute Gasteiger partial charge is 0.305 e. The number of rotatable bonds is 2. The van der Waals surface area contributed by atoms with Gasteiger partial charge in [0.15, 0.2) is 0 Å². The molecule has 4 heteroatoms. The molecule has 0 unspecified atom stereocenters. The van der Waals surface area contributed by atoms with Crippen molar-refractivity contribution in [1.82, 2.24) is 15.1 Å². The third kappa shape index (κ3) is 1.71. The zero-order valence-corrected chi connectivity index (χ0v) is 7.06. The molecule has 1 aromatic rings. The smallest absolute Gasteiger partial charge is 0.268 e. The molecule has 1 rings (SSSR count). The first-order chi connectivity index (χ1) is 5.11. The predicted octanol–water partition coefficient (Wildman–Crippen LogP) is 0.0730. The van der Waals surface area contributed by atoms with Crippen molar-refractivity contribution in [3.8, 4) is 0 Å². The first kappa shape index (κ1) is 8.07. The summed E-state index contributed by atoms with van der Waals surface area (Å²) < 4.78 is 0. The van der Waals surface area contributed by atoms with Crippen molar-refractivity contribution in [3.05, 3.63) is 21.6 Å². The molecule has 11 heavy (non-hydrogen) atoms. The SMILES string of the molecule is Cc1[nH][nH]c(=O)c1CN(C)C. The lowest BCUT2D eigenvalue weighted by atomic mass is 10.2. The van der Waals surface area contributed by atoms with Gasteiger partial charge >= 0.3 is 0 Å². The lowest BCUT2D eigenvalue weighted by molar-refractivity contribution is 0.400. The highest BCUT2D eigenvalue weighted by Crippen LogP contribution is 1.98. The molecule has 0 amide bonds. The van der Waals surface area contributed by atoms with Crippen LogP contribution in [0.3, 0.4) is 0 Å². The van der Waals surface area contributed by atoms with Gasteiger partial charge in [0.25, 0.3) is 5.56 Å². The predicted molar refractivity (Wildman–Crippen MR) is 43.5 cm³/mol. The number of aromatic nitrogens is 2. The molecular formula is C7H13N3O. The van der Waals surface area contributed by atoms with Crippen molar-refractivity contribution in [3.63, 3.8) is 0 Å². The lowest BCUT2D eigenvalue weighted by Gasteiger charge is -2.06. The van der Waals surface area contributed by atoms with Crippen LogP contribution in [0.25, 0.3) is 0 Å². The quantitative estimate of drug-likeness (QED) is 0.635. The van der Waals surface area contributed by atoms with Gasteiger partial charge < -0.3 is 10.00 Å². The van der Waals surface area contributed by atoms with Gasteiger partial charge in [0.05, 0.1) is 5.56 Å². The molecule has 0 aliphatic heterocycles. The molecule has 4 nitrogen and oxygen atoms in total. The average Bonchev–Trinajstić information content (AvgIpc) is 2.18. The summed E-state index contributed by atoms with van der Waals surface area (Å²) in [5.74, 6) is 0. The van der Waals surface area contributed by atoms with Crippen LogP contribution in [0.4, 0.5) is 0 Å². The van der Waals surface area contributed by atoms with E-state index >= 15 is 0 Å². The van der Waals surface area contributed by atoms with Crippen molar-refractivity contribution in [2.75, 3.05) is 14.1 Å². The first-order valence-electron chi connectivity index (χ1n) is 3.52. The minimum atomic E-state index is -0.0174. The normalized spacial score (nSPS) is 10.9. The maximum absolute atomic E-state index is 11.1. The number of H-pyrrole nitrogens is 2. The van der Waals surface area contributed by atoms with Gasteiger partial charge in [-0.3, -0.25) is 9.89 Å². The Bertz CT molecular complexity index is 284. The lowest BCUT2D eigenvalue weighted by Crippen LogP contribution is -2.17. The van der Waals surface area contributed by atoms with Gasteiger partial charge in [0.1, 0.15) is 0 Å². The monoisotopic (exact) mass is 155 g/mol. The van der Waals surface area contributed by atoms with Gasteiger partial charge in [0, 0.05) is 12.2 Å². The molecule has 0 spiro atoms. The summed E-state index contributed by atoms with van der Waals surface area (Å²) in [6, 6.07) is 0. The fourth-order valence-corrected chi connectivity index (χ4v) is 0.978. The molecule has 0 saturated carbocycles. The van der Waals surface area contributed by atoms with Gasteiger partial charge in [0.2, 0.25) is 0 Å². The van der Waals surface area contributed by atoms with E-state index in [-0.39, 0.29) is 5.56 Å². The van der Waals surface area contributed by atoms with Crippen LogP contribution in [0.5, 0.6) is 0 Å². The van der Waals surface area contributed by atoms with Crippen LogP contribution >= 0.6 is 0 Å². The van der Waals surface area contributed by atoms with E-state index < -0.39 is 0 Å². The highest BCUT2D eigenvalue weighted by molar-refractivity contribution is 5.14. The van der Waals surface area contributed by atoms with E-state index in [1.165, 1.54) is 0 Å². The van der Waals surface area contributed by atoms with Crippen molar-refractivity contribution >= 4 is 0 Å². The van der Waals surface area contributed by atoms with Crippen molar-refractivity contribution in [2.45, 2.75) is 13.5 Å². The van der Waals surface area contributed by atoms with Gasteiger partial charge in [-0.2, -0.15) is 0 Å². The summed E-state index contributed by atoms with van der Waals surface area (Å²) >= 11 is 0. The first-order valence-corrected chi connectivity index (χ1v) is 3.52. The third-order valence-electron chi connectivity index (χ3n) is 1.56. The van der Waals surface area contributed by atoms with Crippen LogP contribution < -0.4 is 5.56 Å². The van der Waals surface area contributed by atoms with Crippen molar-refractivity contribution < 1.29 is 0 Å². The Morgan fingerprint density at radius 3 is 2.36 bits per heavy atom. The number of hydrogen-bond donors (Lipinski definition) is 2. The standard InChI is InChI=1S/C7H13N3O/c1-5-6(4-10(2)3)7(11)9-8-5/h4H2,1-3H3,(H2,8,9,11). The molecule has 0 aliphatic carbocycles. The summed E-state index contributed by atoms with van der Waals surface area (Å²) in [6.07, 6.45) is 0. The van der Waals surface area contributed by atoms with Crippen LogP contribution in [0.15, 0.2) is 4.79 Å². The highest BCUT2D eigenvalue weighted by atomic mass is 16.1. The van der Waals surface area contributed by atoms with E-state index in [1.807, 2.05) is 25.9 Å². The number of nitrogens with one attached hydrogen (secondary N) is 2. The van der Waals surface area contributed by atoms with Crippen LogP contribution in [0.1, 0.15) is 11.3 Å². The molecule has 0 saturated heterocycles. The summed E-state index contributed by atoms with van der Waals surface area (Å²) in [5, 5.41) is 5.31. The second-order valence-corrected chi connectivity index (χ2v) is 2.92. The third-order valence-corrected chi connectivity index (χ3v) is 1.56. The Morgan fingerprint density at radius 1 is 1.36 bits per heavy atom. The van der Waals surface area contributed by atoms with E-state index in [9.17, 15) is 4.79 Å². The highest BCUT2D eigenvalue weighted by Gasteiger charge is 2.05. The van der Waals surface area contributed by atoms with E-state index in [0.717, 1.165) is 11.3 Å². The number of nitrogens with zero attached hydrogens (tertiary/aromatic N) is 1. The molecule has 62 valence electrons. The fourth-order valence-electron chi connectivity index (χ4n) is 0.978. The molecule has 0 radical (unpaired) electrons. The Balaban J connectivity index is 2.92. The van der Waals surface area contributed by atoms with Crippen LogP contribution in [-0.2, 0) is 6.54 Å². The maximum atomic E-state index is 11.1. The Morgan fingerprint density at radius 2 is 2.00 bits per heavy atom. The topological polar surface area (TPSA) is 51.9 Å². The minimum Gasteiger partial charge on any atom is -0.305 e. The summed E-state index contributed by atoms with van der Waals surface area (Å²) in [6.45, 7) is 2.57. The molecule has 0 fully saturated rings. The van der Waals surface area contributed by atoms with Gasteiger partial charge in [-0.1, -0.05) is 0 Å². The van der Waals surface area contributed by atoms with Gasteiger partial charge in [-0.25, -0.2) is 0 Å². The molecule has 1 aromatic heterocycles. The molecule has 0 aromatic carbocycles.